The Morgan fingerprint density at radius 2 is 0.818 bits per heavy atom. The third-order valence-corrected chi connectivity index (χ3v) is 6.00. The van der Waals surface area contributed by atoms with Crippen LogP contribution in [0.5, 0.6) is 0 Å². The summed E-state index contributed by atoms with van der Waals surface area (Å²) in [6.07, 6.45) is 0. The van der Waals surface area contributed by atoms with Crippen LogP contribution in [0.3, 0.4) is 0 Å². The van der Waals surface area contributed by atoms with Gasteiger partial charge in [-0.1, -0.05) is 41.5 Å². The van der Waals surface area contributed by atoms with Gasteiger partial charge in [-0.2, -0.15) is 16.6 Å². The van der Waals surface area contributed by atoms with E-state index in [-0.39, 0.29) is 38.4 Å². The zero-order chi connectivity index (χ0) is 8.31. The van der Waals surface area contributed by atoms with Crippen LogP contribution >= 0.6 is 0 Å². The number of hydrogen-bond acceptors (Lipinski definition) is 0. The first kappa shape index (κ1) is 14.7. The van der Waals surface area contributed by atoms with Crippen molar-refractivity contribution in [1.29, 1.82) is 0 Å². The second-order valence-electron chi connectivity index (χ2n) is 3.96. The Labute approximate surface area is 96.0 Å². The zero-order valence-electron chi connectivity index (χ0n) is 9.23. The molecule has 0 N–H and O–H groups in total. The maximum atomic E-state index is 2.37. The van der Waals surface area contributed by atoms with Gasteiger partial charge in [-0.3, -0.25) is 8.80 Å². The molecular weight excluding hydrogens is 159 g/mol. The summed E-state index contributed by atoms with van der Waals surface area (Å²) in [6, 6.07) is 0. The number of rotatable bonds is 3. The molecule has 11 heavy (non-hydrogen) atoms. The van der Waals surface area contributed by atoms with Gasteiger partial charge in [0.05, 0.1) is 0 Å². The Balaban J connectivity index is 0. The van der Waals surface area contributed by atoms with Gasteiger partial charge >= 0.3 is 29.6 Å². The topological polar surface area (TPSA) is 0 Å². The molecular formula is C9H21NaSi. The Kier molecular flexibility index (Phi) is 8.97. The van der Waals surface area contributed by atoms with E-state index < -0.39 is 0 Å². The van der Waals surface area contributed by atoms with Gasteiger partial charge < -0.3 is 0 Å². The average molecular weight is 180 g/mol. The minimum absolute atomic E-state index is 0. The molecule has 0 bridgehead atoms. The van der Waals surface area contributed by atoms with Gasteiger partial charge in [0.1, 0.15) is 0 Å². The largest absolute Gasteiger partial charge is 1.00 e. The zero-order valence-corrected chi connectivity index (χ0v) is 12.2. The van der Waals surface area contributed by atoms with Crippen LogP contribution in [0.25, 0.3) is 0 Å². The van der Waals surface area contributed by atoms with Crippen molar-refractivity contribution in [3.63, 3.8) is 0 Å². The summed E-state index contributed by atoms with van der Waals surface area (Å²) in [5.41, 5.74) is 2.81. The normalized spacial score (nSPS) is 11.5. The van der Waals surface area contributed by atoms with E-state index >= 15 is 0 Å². The fourth-order valence-electron chi connectivity index (χ4n) is 2.00. The van der Waals surface area contributed by atoms with Crippen molar-refractivity contribution in [1.82, 2.24) is 0 Å². The third-order valence-electron chi connectivity index (χ3n) is 2.00. The summed E-state index contributed by atoms with van der Waals surface area (Å²) in [4.78, 5) is 0. The minimum Gasteiger partial charge on any atom is -0.250 e. The maximum Gasteiger partial charge on any atom is 1.00 e. The van der Waals surface area contributed by atoms with Gasteiger partial charge in [0, 0.05) is 0 Å². The van der Waals surface area contributed by atoms with Crippen LogP contribution in [0.15, 0.2) is 0 Å². The Morgan fingerprint density at radius 3 is 0.818 bits per heavy atom. The molecule has 0 aromatic carbocycles. The van der Waals surface area contributed by atoms with E-state index in [4.69, 9.17) is 0 Å². The molecule has 0 fully saturated rings. The van der Waals surface area contributed by atoms with Gasteiger partial charge in [-0.05, 0) is 0 Å². The summed E-state index contributed by atoms with van der Waals surface area (Å²) in [5.74, 6) is 0. The van der Waals surface area contributed by atoms with E-state index in [9.17, 15) is 0 Å². The second kappa shape index (κ2) is 6.70. The predicted octanol–water partition coefficient (Wildman–Crippen LogP) is 0.715. The average Bonchev–Trinajstić information content (AvgIpc) is 1.59. The Hall–Kier alpha value is 1.22. The Bertz CT molecular complexity index is 70.5. The quantitative estimate of drug-likeness (QED) is 0.561. The molecule has 0 nitrogen and oxygen atoms in total. The summed E-state index contributed by atoms with van der Waals surface area (Å²) in [5, 5.41) is 0. The second-order valence-corrected chi connectivity index (χ2v) is 8.43. The molecule has 0 atom stereocenters. The summed E-state index contributed by atoms with van der Waals surface area (Å²) < 4.78 is 0. The van der Waals surface area contributed by atoms with Crippen LogP contribution in [0.2, 0.25) is 16.6 Å². The molecule has 0 radical (unpaired) electrons. The van der Waals surface area contributed by atoms with E-state index in [0.29, 0.717) is 0 Å². The van der Waals surface area contributed by atoms with Crippen LogP contribution in [0, 0.1) is 0 Å². The van der Waals surface area contributed by atoms with E-state index in [2.05, 4.69) is 41.5 Å². The van der Waals surface area contributed by atoms with Crippen molar-refractivity contribution < 1.29 is 29.6 Å². The van der Waals surface area contributed by atoms with Gasteiger partial charge in [0.25, 0.3) is 0 Å². The predicted molar refractivity (Wildman–Crippen MR) is 51.0 cm³/mol. The summed E-state index contributed by atoms with van der Waals surface area (Å²) >= 11 is 0. The molecule has 0 amide bonds. The maximum absolute atomic E-state index is 2.37. The van der Waals surface area contributed by atoms with Crippen molar-refractivity contribution in [3.05, 3.63) is 0 Å². The molecule has 0 heterocycles. The fourth-order valence-corrected chi connectivity index (χ4v) is 6.00. The monoisotopic (exact) mass is 180 g/mol. The molecule has 0 aromatic rings. The molecule has 0 aliphatic heterocycles. The molecule has 2 heteroatoms. The summed E-state index contributed by atoms with van der Waals surface area (Å²) in [6.45, 7) is 14.2. The first-order valence-corrected chi connectivity index (χ1v) is 6.06. The molecule has 0 rings (SSSR count). The SMILES string of the molecule is CC(C)[Si-](C(C)C)C(C)C.[Na+]. The van der Waals surface area contributed by atoms with E-state index in [1.165, 1.54) is 0 Å². The Morgan fingerprint density at radius 1 is 0.636 bits per heavy atom. The third kappa shape index (κ3) is 5.45. The fraction of sp³-hybridized carbons (Fsp3) is 1.00. The molecule has 0 saturated carbocycles. The van der Waals surface area contributed by atoms with Crippen LogP contribution in [0.1, 0.15) is 41.5 Å². The van der Waals surface area contributed by atoms with Crippen LogP contribution in [-0.4, -0.2) is 8.80 Å². The van der Waals surface area contributed by atoms with E-state index in [1.54, 1.807) is 0 Å². The molecule has 0 aliphatic rings. The van der Waals surface area contributed by atoms with Gasteiger partial charge in [0.15, 0.2) is 0 Å². The first-order chi connectivity index (χ1) is 4.46. The first-order valence-electron chi connectivity index (χ1n) is 4.33. The van der Waals surface area contributed by atoms with Crippen LogP contribution < -0.4 is 29.6 Å². The van der Waals surface area contributed by atoms with Gasteiger partial charge in [0.2, 0.25) is 0 Å². The van der Waals surface area contributed by atoms with Crippen molar-refractivity contribution in [2.45, 2.75) is 58.2 Å². The molecule has 62 valence electrons. The van der Waals surface area contributed by atoms with Crippen molar-refractivity contribution in [2.75, 3.05) is 0 Å². The van der Waals surface area contributed by atoms with Crippen molar-refractivity contribution >= 4 is 8.80 Å². The number of hydrogen-bond donors (Lipinski definition) is 0. The molecule has 0 aromatic heterocycles. The molecule has 0 saturated heterocycles. The molecule has 0 aliphatic carbocycles. The van der Waals surface area contributed by atoms with E-state index in [1.807, 2.05) is 0 Å². The van der Waals surface area contributed by atoms with E-state index in [0.717, 1.165) is 16.6 Å². The van der Waals surface area contributed by atoms with Crippen LogP contribution in [0.4, 0.5) is 0 Å². The smallest absolute Gasteiger partial charge is 0.250 e. The minimum atomic E-state index is -0.0957. The van der Waals surface area contributed by atoms with Crippen molar-refractivity contribution in [3.8, 4) is 0 Å². The van der Waals surface area contributed by atoms with Crippen molar-refractivity contribution in [2.24, 2.45) is 0 Å². The molecule has 0 spiro atoms. The van der Waals surface area contributed by atoms with Gasteiger partial charge in [-0.15, -0.1) is 0 Å². The standard InChI is InChI=1S/C9H21Si.Na/c1-7(2)10(8(3)4)9(5)6;/h7-9H,1-6H3;/q-1;+1. The van der Waals surface area contributed by atoms with Gasteiger partial charge in [-0.25, -0.2) is 0 Å². The van der Waals surface area contributed by atoms with Crippen LogP contribution in [-0.2, 0) is 0 Å². The summed E-state index contributed by atoms with van der Waals surface area (Å²) in [7, 11) is -0.0957. The molecule has 0 unspecified atom stereocenters.